The maximum atomic E-state index is 13.3. The van der Waals surface area contributed by atoms with Crippen LogP contribution in [0.1, 0.15) is 43.7 Å². The molecule has 3 aromatic rings. The number of anilines is 1. The van der Waals surface area contributed by atoms with Gasteiger partial charge < -0.3 is 14.5 Å². The van der Waals surface area contributed by atoms with Gasteiger partial charge in [0.15, 0.2) is 5.78 Å². The van der Waals surface area contributed by atoms with Crippen molar-refractivity contribution in [3.8, 4) is 5.75 Å². The molecular weight excluding hydrogens is 378 g/mol. The molecule has 1 N–H and O–H groups in total. The second-order valence-corrected chi connectivity index (χ2v) is 8.84. The number of ketones is 1. The lowest BCUT2D eigenvalue weighted by Crippen LogP contribution is -2.35. The lowest BCUT2D eigenvalue weighted by Gasteiger charge is -2.39. The molecule has 0 bridgehead atoms. The monoisotopic (exact) mass is 401 g/mol. The third-order valence-corrected chi connectivity index (χ3v) is 6.07. The molecule has 5 nitrogen and oxygen atoms in total. The minimum absolute atomic E-state index is 0.0766. The molecule has 5 heteroatoms. The number of allylic oxidation sites excluding steroid dienone is 2. The van der Waals surface area contributed by atoms with E-state index in [-0.39, 0.29) is 11.2 Å². The Morgan fingerprint density at radius 1 is 1.03 bits per heavy atom. The summed E-state index contributed by atoms with van der Waals surface area (Å²) in [5.41, 5.74) is 3.67. The zero-order valence-electron chi connectivity index (χ0n) is 17.2. The molecule has 1 aliphatic heterocycles. The van der Waals surface area contributed by atoms with E-state index in [4.69, 9.17) is 9.15 Å². The molecule has 1 aliphatic carbocycles. The van der Waals surface area contributed by atoms with Crippen molar-refractivity contribution in [1.82, 2.24) is 0 Å². The van der Waals surface area contributed by atoms with Crippen molar-refractivity contribution >= 4 is 22.4 Å². The van der Waals surface area contributed by atoms with Crippen LogP contribution in [0.15, 0.2) is 69.0 Å². The van der Waals surface area contributed by atoms with Crippen LogP contribution in [-0.4, -0.2) is 12.9 Å². The Kier molecular flexibility index (Phi) is 4.10. The Hall–Kier alpha value is -3.34. The van der Waals surface area contributed by atoms with Crippen molar-refractivity contribution < 1.29 is 13.9 Å². The van der Waals surface area contributed by atoms with Crippen molar-refractivity contribution in [2.45, 2.75) is 32.6 Å². The summed E-state index contributed by atoms with van der Waals surface area (Å²) >= 11 is 0. The molecule has 1 unspecified atom stereocenters. The highest BCUT2D eigenvalue weighted by molar-refractivity contribution is 6.04. The summed E-state index contributed by atoms with van der Waals surface area (Å²) in [6, 6.07) is 15.1. The Labute approximate surface area is 174 Å². The number of hydrogen-bond acceptors (Lipinski definition) is 5. The number of carbonyl (C=O) groups excluding carboxylic acids is 1. The van der Waals surface area contributed by atoms with Crippen LogP contribution in [0.2, 0.25) is 0 Å². The van der Waals surface area contributed by atoms with Crippen LogP contribution in [0, 0.1) is 5.41 Å². The lowest BCUT2D eigenvalue weighted by atomic mass is 9.69. The second kappa shape index (κ2) is 6.59. The largest absolute Gasteiger partial charge is 0.497 e. The Morgan fingerprint density at radius 3 is 2.50 bits per heavy atom. The zero-order valence-corrected chi connectivity index (χ0v) is 17.2. The van der Waals surface area contributed by atoms with Gasteiger partial charge in [-0.2, -0.15) is 0 Å². The van der Waals surface area contributed by atoms with Gasteiger partial charge in [0.25, 0.3) is 0 Å². The van der Waals surface area contributed by atoms with Crippen molar-refractivity contribution in [3.05, 3.63) is 81.3 Å². The van der Waals surface area contributed by atoms with E-state index in [2.05, 4.69) is 19.2 Å². The highest BCUT2D eigenvalue weighted by atomic mass is 16.5. The highest BCUT2D eigenvalue weighted by Gasteiger charge is 2.42. The van der Waals surface area contributed by atoms with E-state index in [0.29, 0.717) is 23.1 Å². The standard InChI is InChI=1S/C25H23NO4/c1-25(2)12-17-21(18(27)13-25)20(14-8-10-15(29-3)11-9-14)22-23(26-17)16-6-4-5-7-19(16)30-24(22)28/h4-11,20,26H,12-13H2,1-3H3. The normalized spacial score (nSPS) is 19.8. The molecule has 2 heterocycles. The molecule has 1 atom stereocenters. The van der Waals surface area contributed by atoms with E-state index in [9.17, 15) is 9.59 Å². The number of ether oxygens (including phenoxy) is 1. The Balaban J connectivity index is 1.81. The quantitative estimate of drug-likeness (QED) is 0.612. The molecule has 2 aliphatic rings. The molecule has 30 heavy (non-hydrogen) atoms. The summed E-state index contributed by atoms with van der Waals surface area (Å²) in [7, 11) is 1.61. The average molecular weight is 401 g/mol. The van der Waals surface area contributed by atoms with Gasteiger partial charge in [0.1, 0.15) is 11.3 Å². The SMILES string of the molecule is COc1ccc(C2C3=C(CC(C)(C)CC3=O)Nc3c2c(=O)oc2ccccc32)cc1. The van der Waals surface area contributed by atoms with E-state index < -0.39 is 11.5 Å². The minimum atomic E-state index is -0.466. The first-order chi connectivity index (χ1) is 14.4. The van der Waals surface area contributed by atoms with E-state index in [1.54, 1.807) is 13.2 Å². The number of hydrogen-bond donors (Lipinski definition) is 1. The van der Waals surface area contributed by atoms with E-state index in [1.165, 1.54) is 0 Å². The number of methoxy groups -OCH3 is 1. The van der Waals surface area contributed by atoms with Gasteiger partial charge in [-0.05, 0) is 41.7 Å². The third kappa shape index (κ3) is 2.84. The van der Waals surface area contributed by atoms with Crippen LogP contribution < -0.4 is 15.7 Å². The molecule has 0 saturated carbocycles. The van der Waals surface area contributed by atoms with Crippen LogP contribution in [0.4, 0.5) is 5.69 Å². The summed E-state index contributed by atoms with van der Waals surface area (Å²) in [5.74, 6) is 0.336. The maximum absolute atomic E-state index is 13.3. The second-order valence-electron chi connectivity index (χ2n) is 8.84. The number of para-hydroxylation sites is 1. The maximum Gasteiger partial charge on any atom is 0.342 e. The number of nitrogens with one attached hydrogen (secondary N) is 1. The van der Waals surface area contributed by atoms with Crippen LogP contribution in [0.3, 0.4) is 0 Å². The molecule has 0 radical (unpaired) electrons. The van der Waals surface area contributed by atoms with Crippen molar-refractivity contribution in [2.75, 3.05) is 12.4 Å². The van der Waals surface area contributed by atoms with Crippen LogP contribution >= 0.6 is 0 Å². The fourth-order valence-electron chi connectivity index (χ4n) is 4.77. The molecule has 1 aromatic heterocycles. The summed E-state index contributed by atoms with van der Waals surface area (Å²) in [5, 5.41) is 4.31. The summed E-state index contributed by atoms with van der Waals surface area (Å²) < 4.78 is 10.9. The number of rotatable bonds is 2. The van der Waals surface area contributed by atoms with Gasteiger partial charge in [-0.25, -0.2) is 4.79 Å². The average Bonchev–Trinajstić information content (AvgIpc) is 2.71. The highest BCUT2D eigenvalue weighted by Crippen LogP contribution is 2.49. The lowest BCUT2D eigenvalue weighted by molar-refractivity contribution is -0.118. The topological polar surface area (TPSA) is 68.5 Å². The number of carbonyl (C=O) groups is 1. The molecule has 5 rings (SSSR count). The van der Waals surface area contributed by atoms with Gasteiger partial charge in [0.2, 0.25) is 0 Å². The van der Waals surface area contributed by atoms with Gasteiger partial charge in [-0.3, -0.25) is 4.79 Å². The Bertz CT molecular complexity index is 1260. The first kappa shape index (κ1) is 18.7. The van der Waals surface area contributed by atoms with Crippen molar-refractivity contribution in [1.29, 1.82) is 0 Å². The van der Waals surface area contributed by atoms with Crippen molar-refractivity contribution in [2.24, 2.45) is 5.41 Å². The molecule has 0 amide bonds. The van der Waals surface area contributed by atoms with Gasteiger partial charge in [0, 0.05) is 29.0 Å². The van der Waals surface area contributed by atoms with Crippen molar-refractivity contribution in [3.63, 3.8) is 0 Å². The third-order valence-electron chi connectivity index (χ3n) is 6.07. The fraction of sp³-hybridized carbons (Fsp3) is 0.280. The number of benzene rings is 2. The predicted molar refractivity (Wildman–Crippen MR) is 116 cm³/mol. The summed E-state index contributed by atoms with van der Waals surface area (Å²) in [6.45, 7) is 4.21. The molecular formula is C25H23NO4. The minimum Gasteiger partial charge on any atom is -0.497 e. The van der Waals surface area contributed by atoms with Crippen LogP contribution in [0.5, 0.6) is 5.75 Å². The van der Waals surface area contributed by atoms with Crippen LogP contribution in [-0.2, 0) is 4.79 Å². The molecule has 0 saturated heterocycles. The zero-order chi connectivity index (χ0) is 21.0. The summed E-state index contributed by atoms with van der Waals surface area (Å²) in [6.07, 6.45) is 1.20. The van der Waals surface area contributed by atoms with Gasteiger partial charge >= 0.3 is 5.63 Å². The van der Waals surface area contributed by atoms with E-state index in [0.717, 1.165) is 34.5 Å². The molecule has 0 fully saturated rings. The predicted octanol–water partition coefficient (Wildman–Crippen LogP) is 5.00. The molecule has 152 valence electrons. The number of fused-ring (bicyclic) bond motifs is 3. The number of Topliss-reactive ketones (excluding diaryl/α,β-unsaturated/α-hetero) is 1. The molecule has 2 aromatic carbocycles. The van der Waals surface area contributed by atoms with Gasteiger partial charge in [-0.15, -0.1) is 0 Å². The van der Waals surface area contributed by atoms with Crippen LogP contribution in [0.25, 0.3) is 11.0 Å². The van der Waals surface area contributed by atoms with Gasteiger partial charge in [0.05, 0.1) is 18.4 Å². The molecule has 0 spiro atoms. The Morgan fingerprint density at radius 2 is 1.77 bits per heavy atom. The summed E-state index contributed by atoms with van der Waals surface area (Å²) in [4.78, 5) is 26.4. The fourth-order valence-corrected chi connectivity index (χ4v) is 4.77. The van der Waals surface area contributed by atoms with E-state index in [1.807, 2.05) is 42.5 Å². The van der Waals surface area contributed by atoms with Gasteiger partial charge in [-0.1, -0.05) is 38.1 Å². The first-order valence-corrected chi connectivity index (χ1v) is 10.1. The first-order valence-electron chi connectivity index (χ1n) is 10.1. The smallest absolute Gasteiger partial charge is 0.342 e. The van der Waals surface area contributed by atoms with E-state index >= 15 is 0 Å².